The molecule has 0 saturated carbocycles. The first-order valence-electron chi connectivity index (χ1n) is 6.67. The quantitative estimate of drug-likeness (QED) is 0.882. The van der Waals surface area contributed by atoms with Crippen molar-refractivity contribution in [3.63, 3.8) is 0 Å². The molecule has 0 aliphatic carbocycles. The van der Waals surface area contributed by atoms with Crippen LogP contribution in [0.15, 0.2) is 22.7 Å². The SMILES string of the molecule is CCCc1nc(N)c(C)c(Nc2cc(C)ccc2Br)n1. The molecule has 0 aliphatic heterocycles. The standard InChI is InChI=1S/C15H19BrN4/c1-4-5-13-19-14(17)10(3)15(20-13)18-12-8-9(2)6-7-11(12)16/h6-8H,4-5H2,1-3H3,(H3,17,18,19,20). The number of hydrogen-bond donors (Lipinski definition) is 2. The van der Waals surface area contributed by atoms with Gasteiger partial charge in [0, 0.05) is 16.5 Å². The first-order chi connectivity index (χ1) is 9.51. The molecule has 0 atom stereocenters. The van der Waals surface area contributed by atoms with E-state index in [1.54, 1.807) is 0 Å². The lowest BCUT2D eigenvalue weighted by atomic mass is 10.2. The monoisotopic (exact) mass is 334 g/mol. The minimum atomic E-state index is 0.537. The number of halogens is 1. The van der Waals surface area contributed by atoms with E-state index < -0.39 is 0 Å². The van der Waals surface area contributed by atoms with E-state index in [1.165, 1.54) is 5.56 Å². The van der Waals surface area contributed by atoms with Crippen LogP contribution in [0, 0.1) is 13.8 Å². The highest BCUT2D eigenvalue weighted by Gasteiger charge is 2.10. The molecular weight excluding hydrogens is 316 g/mol. The smallest absolute Gasteiger partial charge is 0.139 e. The molecular formula is C15H19BrN4. The minimum absolute atomic E-state index is 0.537. The molecule has 2 rings (SSSR count). The van der Waals surface area contributed by atoms with E-state index in [-0.39, 0.29) is 0 Å². The van der Waals surface area contributed by atoms with E-state index in [4.69, 9.17) is 5.73 Å². The maximum Gasteiger partial charge on any atom is 0.139 e. The molecule has 0 spiro atoms. The van der Waals surface area contributed by atoms with E-state index >= 15 is 0 Å². The Morgan fingerprint density at radius 2 is 2.00 bits per heavy atom. The Balaban J connectivity index is 2.39. The van der Waals surface area contributed by atoms with Crippen LogP contribution in [-0.2, 0) is 6.42 Å². The molecule has 20 heavy (non-hydrogen) atoms. The van der Waals surface area contributed by atoms with Crippen LogP contribution >= 0.6 is 15.9 Å². The summed E-state index contributed by atoms with van der Waals surface area (Å²) in [6.45, 7) is 6.09. The van der Waals surface area contributed by atoms with Crippen molar-refractivity contribution in [3.8, 4) is 0 Å². The lowest BCUT2D eigenvalue weighted by Gasteiger charge is -2.13. The first-order valence-corrected chi connectivity index (χ1v) is 7.46. The van der Waals surface area contributed by atoms with Gasteiger partial charge in [0.1, 0.15) is 17.5 Å². The molecule has 0 saturated heterocycles. The largest absolute Gasteiger partial charge is 0.383 e. The normalized spacial score (nSPS) is 10.6. The predicted molar refractivity (Wildman–Crippen MR) is 87.3 cm³/mol. The maximum absolute atomic E-state index is 5.97. The van der Waals surface area contributed by atoms with E-state index in [1.807, 2.05) is 13.0 Å². The molecule has 4 nitrogen and oxygen atoms in total. The van der Waals surface area contributed by atoms with Gasteiger partial charge < -0.3 is 11.1 Å². The number of nitrogens with one attached hydrogen (secondary N) is 1. The summed E-state index contributed by atoms with van der Waals surface area (Å²) in [7, 11) is 0. The Morgan fingerprint density at radius 1 is 1.25 bits per heavy atom. The van der Waals surface area contributed by atoms with Crippen LogP contribution in [0.25, 0.3) is 0 Å². The van der Waals surface area contributed by atoms with Gasteiger partial charge in [0.05, 0.1) is 5.69 Å². The molecule has 0 aliphatic rings. The predicted octanol–water partition coefficient (Wildman–Crippen LogP) is 4.13. The number of nitrogen functional groups attached to an aromatic ring is 1. The van der Waals surface area contributed by atoms with Crippen LogP contribution in [-0.4, -0.2) is 9.97 Å². The maximum atomic E-state index is 5.97. The average Bonchev–Trinajstić information content (AvgIpc) is 2.40. The summed E-state index contributed by atoms with van der Waals surface area (Å²) in [5.74, 6) is 2.09. The van der Waals surface area contributed by atoms with Crippen molar-refractivity contribution < 1.29 is 0 Å². The highest BCUT2D eigenvalue weighted by atomic mass is 79.9. The molecule has 0 radical (unpaired) electrons. The third-order valence-corrected chi connectivity index (χ3v) is 3.77. The Bertz CT molecular complexity index is 626. The van der Waals surface area contributed by atoms with Gasteiger partial charge in [-0.15, -0.1) is 0 Å². The van der Waals surface area contributed by atoms with Crippen molar-refractivity contribution in [3.05, 3.63) is 39.6 Å². The first kappa shape index (κ1) is 14.8. The highest BCUT2D eigenvalue weighted by Crippen LogP contribution is 2.28. The fraction of sp³-hybridized carbons (Fsp3) is 0.333. The molecule has 0 bridgehead atoms. The van der Waals surface area contributed by atoms with Gasteiger partial charge in [-0.1, -0.05) is 13.0 Å². The fourth-order valence-corrected chi connectivity index (χ4v) is 2.25. The Morgan fingerprint density at radius 3 is 2.70 bits per heavy atom. The zero-order chi connectivity index (χ0) is 14.7. The topological polar surface area (TPSA) is 63.8 Å². The minimum Gasteiger partial charge on any atom is -0.383 e. The molecule has 1 aromatic heterocycles. The number of benzene rings is 1. The lowest BCUT2D eigenvalue weighted by molar-refractivity contribution is 0.836. The van der Waals surface area contributed by atoms with Gasteiger partial charge in [0.25, 0.3) is 0 Å². The number of nitrogens with two attached hydrogens (primary N) is 1. The summed E-state index contributed by atoms with van der Waals surface area (Å²) in [6, 6.07) is 6.14. The fourth-order valence-electron chi connectivity index (χ4n) is 1.90. The number of hydrogen-bond acceptors (Lipinski definition) is 4. The van der Waals surface area contributed by atoms with Crippen molar-refractivity contribution in [2.45, 2.75) is 33.6 Å². The van der Waals surface area contributed by atoms with Gasteiger partial charge >= 0.3 is 0 Å². The van der Waals surface area contributed by atoms with Crippen LogP contribution in [0.1, 0.15) is 30.3 Å². The Labute approximate surface area is 128 Å². The molecule has 0 amide bonds. The van der Waals surface area contributed by atoms with Crippen LogP contribution in [0.5, 0.6) is 0 Å². The molecule has 0 fully saturated rings. The highest BCUT2D eigenvalue weighted by molar-refractivity contribution is 9.10. The second-order valence-electron chi connectivity index (χ2n) is 4.86. The zero-order valence-electron chi connectivity index (χ0n) is 12.0. The van der Waals surface area contributed by atoms with Crippen molar-refractivity contribution in [1.29, 1.82) is 0 Å². The van der Waals surface area contributed by atoms with Crippen molar-refractivity contribution in [2.24, 2.45) is 0 Å². The molecule has 106 valence electrons. The second-order valence-corrected chi connectivity index (χ2v) is 5.71. The lowest BCUT2D eigenvalue weighted by Crippen LogP contribution is -2.07. The average molecular weight is 335 g/mol. The second kappa shape index (κ2) is 6.22. The summed E-state index contributed by atoms with van der Waals surface area (Å²) < 4.78 is 0.997. The van der Waals surface area contributed by atoms with Crippen LogP contribution in [0.2, 0.25) is 0 Å². The van der Waals surface area contributed by atoms with Crippen LogP contribution in [0.4, 0.5) is 17.3 Å². The van der Waals surface area contributed by atoms with Gasteiger partial charge in [-0.25, -0.2) is 9.97 Å². The van der Waals surface area contributed by atoms with Gasteiger partial charge in [-0.3, -0.25) is 0 Å². The van der Waals surface area contributed by atoms with Gasteiger partial charge in [0.15, 0.2) is 0 Å². The summed E-state index contributed by atoms with van der Waals surface area (Å²) >= 11 is 3.54. The van der Waals surface area contributed by atoms with Crippen molar-refractivity contribution >= 4 is 33.3 Å². The molecule has 0 unspecified atom stereocenters. The zero-order valence-corrected chi connectivity index (χ0v) is 13.6. The number of rotatable bonds is 4. The Hall–Kier alpha value is -1.62. The van der Waals surface area contributed by atoms with E-state index in [0.29, 0.717) is 5.82 Å². The van der Waals surface area contributed by atoms with Crippen LogP contribution < -0.4 is 11.1 Å². The summed E-state index contributed by atoms with van der Waals surface area (Å²) in [6.07, 6.45) is 1.82. The van der Waals surface area contributed by atoms with Gasteiger partial charge in [0.2, 0.25) is 0 Å². The number of nitrogens with zero attached hydrogens (tertiary/aromatic N) is 2. The van der Waals surface area contributed by atoms with E-state index in [9.17, 15) is 0 Å². The number of aromatic nitrogens is 2. The summed E-state index contributed by atoms with van der Waals surface area (Å²) in [5.41, 5.74) is 9.01. The molecule has 3 N–H and O–H groups in total. The third kappa shape index (κ3) is 3.28. The molecule has 1 aromatic carbocycles. The number of aryl methyl sites for hydroxylation is 2. The molecule has 5 heteroatoms. The molecule has 1 heterocycles. The van der Waals surface area contributed by atoms with Gasteiger partial charge in [-0.05, 0) is 53.9 Å². The van der Waals surface area contributed by atoms with Gasteiger partial charge in [-0.2, -0.15) is 0 Å². The third-order valence-electron chi connectivity index (χ3n) is 3.08. The van der Waals surface area contributed by atoms with E-state index in [2.05, 4.69) is 57.2 Å². The summed E-state index contributed by atoms with van der Waals surface area (Å²) in [4.78, 5) is 8.89. The van der Waals surface area contributed by atoms with Crippen molar-refractivity contribution in [1.82, 2.24) is 9.97 Å². The molecule has 2 aromatic rings. The summed E-state index contributed by atoms with van der Waals surface area (Å²) in [5, 5.41) is 3.34. The van der Waals surface area contributed by atoms with Crippen molar-refractivity contribution in [2.75, 3.05) is 11.1 Å². The Kier molecular flexibility index (Phi) is 4.60. The number of anilines is 3. The van der Waals surface area contributed by atoms with E-state index in [0.717, 1.165) is 40.2 Å². The van der Waals surface area contributed by atoms with Crippen LogP contribution in [0.3, 0.4) is 0 Å².